The van der Waals surface area contributed by atoms with E-state index in [9.17, 15) is 17.6 Å². The van der Waals surface area contributed by atoms with Crippen LogP contribution in [-0.2, 0) is 0 Å². The first kappa shape index (κ1) is 11.6. The SMILES string of the molecule is CC(CO)NCC(F)(F)C(F)F. The molecule has 0 saturated carbocycles. The normalized spacial score (nSPS) is 15.2. The van der Waals surface area contributed by atoms with Gasteiger partial charge in [0, 0.05) is 6.04 Å². The van der Waals surface area contributed by atoms with Crippen molar-refractivity contribution in [3.05, 3.63) is 0 Å². The van der Waals surface area contributed by atoms with E-state index in [1.165, 1.54) is 6.92 Å². The summed E-state index contributed by atoms with van der Waals surface area (Å²) in [5, 5.41) is 10.4. The number of aliphatic hydroxyl groups is 1. The Morgan fingerprint density at radius 2 is 1.92 bits per heavy atom. The van der Waals surface area contributed by atoms with Crippen LogP contribution >= 0.6 is 0 Å². The molecule has 0 saturated heterocycles. The van der Waals surface area contributed by atoms with E-state index >= 15 is 0 Å². The number of hydrogen-bond donors (Lipinski definition) is 2. The average molecular weight is 189 g/mol. The minimum Gasteiger partial charge on any atom is -0.395 e. The number of halogens is 4. The van der Waals surface area contributed by atoms with E-state index in [1.54, 1.807) is 0 Å². The summed E-state index contributed by atoms with van der Waals surface area (Å²) in [6.07, 6.45) is -3.67. The van der Waals surface area contributed by atoms with Crippen molar-refractivity contribution < 1.29 is 22.7 Å². The van der Waals surface area contributed by atoms with Crippen LogP contribution < -0.4 is 5.32 Å². The maximum Gasteiger partial charge on any atom is 0.319 e. The van der Waals surface area contributed by atoms with Gasteiger partial charge in [0.05, 0.1) is 13.2 Å². The first-order valence-electron chi connectivity index (χ1n) is 3.40. The fourth-order valence-corrected chi connectivity index (χ4v) is 0.452. The van der Waals surface area contributed by atoms with E-state index in [1.807, 2.05) is 0 Å². The van der Waals surface area contributed by atoms with Gasteiger partial charge in [-0.2, -0.15) is 8.78 Å². The number of hydrogen-bond acceptors (Lipinski definition) is 2. The molecule has 6 heteroatoms. The van der Waals surface area contributed by atoms with Crippen LogP contribution in [0, 0.1) is 0 Å². The van der Waals surface area contributed by atoms with Crippen LogP contribution in [-0.4, -0.2) is 36.6 Å². The molecule has 74 valence electrons. The number of rotatable bonds is 5. The number of alkyl halides is 4. The lowest BCUT2D eigenvalue weighted by atomic mass is 10.3. The van der Waals surface area contributed by atoms with Gasteiger partial charge in [0.1, 0.15) is 0 Å². The molecule has 0 fully saturated rings. The second-order valence-electron chi connectivity index (χ2n) is 2.53. The highest BCUT2D eigenvalue weighted by atomic mass is 19.3. The molecule has 1 unspecified atom stereocenters. The largest absolute Gasteiger partial charge is 0.395 e. The van der Waals surface area contributed by atoms with Crippen molar-refractivity contribution >= 4 is 0 Å². The third kappa shape index (κ3) is 3.87. The predicted molar refractivity (Wildman–Crippen MR) is 35.5 cm³/mol. The van der Waals surface area contributed by atoms with Gasteiger partial charge in [-0.15, -0.1) is 0 Å². The van der Waals surface area contributed by atoms with Crippen molar-refractivity contribution in [1.82, 2.24) is 5.32 Å². The highest BCUT2D eigenvalue weighted by Crippen LogP contribution is 2.21. The molecule has 1 atom stereocenters. The zero-order valence-electron chi connectivity index (χ0n) is 6.53. The van der Waals surface area contributed by atoms with E-state index < -0.39 is 24.9 Å². The van der Waals surface area contributed by atoms with Gasteiger partial charge >= 0.3 is 12.3 Å². The molecular weight excluding hydrogens is 178 g/mol. The maximum absolute atomic E-state index is 12.1. The summed E-state index contributed by atoms with van der Waals surface area (Å²) in [4.78, 5) is 0. The maximum atomic E-state index is 12.1. The average Bonchev–Trinajstić information content (AvgIpc) is 2.00. The molecule has 0 bridgehead atoms. The Morgan fingerprint density at radius 1 is 1.42 bits per heavy atom. The minimum absolute atomic E-state index is 0.362. The van der Waals surface area contributed by atoms with Gasteiger partial charge in [0.25, 0.3) is 0 Å². The molecule has 0 aliphatic heterocycles. The summed E-state index contributed by atoms with van der Waals surface area (Å²) in [5.41, 5.74) is 0. The molecular formula is C6H11F4NO. The standard InChI is InChI=1S/C6H11F4NO/c1-4(2-12)11-3-6(9,10)5(7)8/h4-5,11-12H,2-3H2,1H3. The fraction of sp³-hybridized carbons (Fsp3) is 1.00. The van der Waals surface area contributed by atoms with Crippen molar-refractivity contribution in [1.29, 1.82) is 0 Å². The van der Waals surface area contributed by atoms with Crippen molar-refractivity contribution in [2.75, 3.05) is 13.2 Å². The smallest absolute Gasteiger partial charge is 0.319 e. The van der Waals surface area contributed by atoms with E-state index in [0.717, 1.165) is 0 Å². The van der Waals surface area contributed by atoms with E-state index in [-0.39, 0.29) is 6.61 Å². The van der Waals surface area contributed by atoms with Gasteiger partial charge in [0.15, 0.2) is 0 Å². The summed E-state index contributed by atoms with van der Waals surface area (Å²) < 4.78 is 47.3. The predicted octanol–water partition coefficient (Wildman–Crippen LogP) is 0.857. The fourth-order valence-electron chi connectivity index (χ4n) is 0.452. The van der Waals surface area contributed by atoms with E-state index in [2.05, 4.69) is 5.32 Å². The third-order valence-corrected chi connectivity index (χ3v) is 1.28. The van der Waals surface area contributed by atoms with Crippen molar-refractivity contribution in [3.63, 3.8) is 0 Å². The molecule has 2 nitrogen and oxygen atoms in total. The molecule has 12 heavy (non-hydrogen) atoms. The third-order valence-electron chi connectivity index (χ3n) is 1.28. The van der Waals surface area contributed by atoms with Gasteiger partial charge in [-0.25, -0.2) is 8.78 Å². The summed E-state index contributed by atoms with van der Waals surface area (Å²) in [6.45, 7) is -0.0622. The van der Waals surface area contributed by atoms with Crippen LogP contribution in [0.5, 0.6) is 0 Å². The molecule has 0 aliphatic carbocycles. The summed E-state index contributed by atoms with van der Waals surface area (Å²) >= 11 is 0. The van der Waals surface area contributed by atoms with Gasteiger partial charge in [-0.1, -0.05) is 0 Å². The van der Waals surface area contributed by atoms with Crippen LogP contribution in [0.3, 0.4) is 0 Å². The highest BCUT2D eigenvalue weighted by Gasteiger charge is 2.40. The topological polar surface area (TPSA) is 32.3 Å². The summed E-state index contributed by atoms with van der Waals surface area (Å²) in [7, 11) is 0. The zero-order valence-corrected chi connectivity index (χ0v) is 6.53. The first-order valence-corrected chi connectivity index (χ1v) is 3.40. The second kappa shape index (κ2) is 4.61. The summed E-state index contributed by atoms with van der Waals surface area (Å²) in [6, 6.07) is -0.602. The molecule has 0 amide bonds. The van der Waals surface area contributed by atoms with E-state index in [0.29, 0.717) is 0 Å². The van der Waals surface area contributed by atoms with Gasteiger partial charge in [0.2, 0.25) is 0 Å². The van der Waals surface area contributed by atoms with Crippen LogP contribution in [0.1, 0.15) is 6.92 Å². The van der Waals surface area contributed by atoms with E-state index in [4.69, 9.17) is 5.11 Å². The molecule has 2 N–H and O–H groups in total. The number of aliphatic hydroxyl groups excluding tert-OH is 1. The molecule has 0 radical (unpaired) electrons. The van der Waals surface area contributed by atoms with Gasteiger partial charge in [-0.05, 0) is 6.92 Å². The Labute approximate surface area is 67.6 Å². The Kier molecular flexibility index (Phi) is 4.47. The Balaban J connectivity index is 3.75. The molecule has 0 aromatic rings. The molecule has 0 aromatic carbocycles. The lowest BCUT2D eigenvalue weighted by Crippen LogP contribution is -2.43. The Bertz CT molecular complexity index is 131. The lowest BCUT2D eigenvalue weighted by Gasteiger charge is -2.18. The van der Waals surface area contributed by atoms with Gasteiger partial charge in [-0.3, -0.25) is 0 Å². The second-order valence-corrected chi connectivity index (χ2v) is 2.53. The first-order chi connectivity index (χ1) is 5.40. The molecule has 0 heterocycles. The molecule has 0 rings (SSSR count). The molecule has 0 aromatic heterocycles. The quantitative estimate of drug-likeness (QED) is 0.628. The lowest BCUT2D eigenvalue weighted by molar-refractivity contribution is -0.126. The van der Waals surface area contributed by atoms with Crippen molar-refractivity contribution in [2.24, 2.45) is 0 Å². The van der Waals surface area contributed by atoms with Crippen LogP contribution in [0.2, 0.25) is 0 Å². The number of nitrogens with one attached hydrogen (secondary N) is 1. The molecule has 0 spiro atoms. The molecule has 0 aliphatic rings. The highest BCUT2D eigenvalue weighted by molar-refractivity contribution is 4.74. The monoisotopic (exact) mass is 189 g/mol. The minimum atomic E-state index is -4.02. The van der Waals surface area contributed by atoms with Gasteiger partial charge < -0.3 is 10.4 Å². The zero-order chi connectivity index (χ0) is 9.78. The van der Waals surface area contributed by atoms with Crippen LogP contribution in [0.15, 0.2) is 0 Å². The van der Waals surface area contributed by atoms with Crippen molar-refractivity contribution in [2.45, 2.75) is 25.3 Å². The van der Waals surface area contributed by atoms with Crippen LogP contribution in [0.4, 0.5) is 17.6 Å². The Hall–Kier alpha value is -0.360. The van der Waals surface area contributed by atoms with Crippen molar-refractivity contribution in [3.8, 4) is 0 Å². The van der Waals surface area contributed by atoms with Crippen LogP contribution in [0.25, 0.3) is 0 Å². The summed E-state index contributed by atoms with van der Waals surface area (Å²) in [5.74, 6) is -4.02. The Morgan fingerprint density at radius 3 is 2.25 bits per heavy atom.